The van der Waals surface area contributed by atoms with Crippen molar-refractivity contribution in [3.63, 3.8) is 0 Å². The van der Waals surface area contributed by atoms with Crippen molar-refractivity contribution in [3.05, 3.63) is 60.9 Å². The normalized spacial score (nSPS) is 15.9. The minimum atomic E-state index is -3.79. The molecule has 1 unspecified atom stereocenters. The van der Waals surface area contributed by atoms with Crippen LogP contribution in [0, 0.1) is 0 Å². The van der Waals surface area contributed by atoms with E-state index in [0.717, 1.165) is 47.2 Å². The lowest BCUT2D eigenvalue weighted by Gasteiger charge is -2.13. The van der Waals surface area contributed by atoms with Gasteiger partial charge < -0.3 is 15.0 Å². The second-order valence-corrected chi connectivity index (χ2v) is 10.5. The molecule has 10 heteroatoms. The summed E-state index contributed by atoms with van der Waals surface area (Å²) in [5, 5.41) is 4.30. The third kappa shape index (κ3) is 5.01. The SMILES string of the molecule is CC(=O)CNS(=O)(=O)c1ccc(-c2[nH]c3ncnc(NCC4CCCO4)c3c2-c2ccccc2)cc1. The Labute approximate surface area is 209 Å². The van der Waals surface area contributed by atoms with Gasteiger partial charge >= 0.3 is 0 Å². The number of nitrogens with zero attached hydrogens (tertiary/aromatic N) is 2. The Bertz CT molecular complexity index is 1480. The number of aromatic amines is 1. The van der Waals surface area contributed by atoms with Crippen LogP contribution in [0.1, 0.15) is 19.8 Å². The molecule has 0 bridgehead atoms. The van der Waals surface area contributed by atoms with Gasteiger partial charge in [0, 0.05) is 18.7 Å². The number of sulfonamides is 1. The molecule has 1 aliphatic heterocycles. The lowest BCUT2D eigenvalue weighted by Crippen LogP contribution is -2.28. The van der Waals surface area contributed by atoms with Crippen molar-refractivity contribution >= 4 is 32.7 Å². The second kappa shape index (κ2) is 10.2. The molecule has 0 radical (unpaired) electrons. The second-order valence-electron chi connectivity index (χ2n) is 8.75. The van der Waals surface area contributed by atoms with Gasteiger partial charge in [-0.25, -0.2) is 23.1 Å². The van der Waals surface area contributed by atoms with E-state index in [4.69, 9.17) is 4.74 Å². The molecule has 0 amide bonds. The van der Waals surface area contributed by atoms with E-state index < -0.39 is 10.0 Å². The quantitative estimate of drug-likeness (QED) is 0.316. The summed E-state index contributed by atoms with van der Waals surface area (Å²) < 4.78 is 33.1. The van der Waals surface area contributed by atoms with Crippen molar-refractivity contribution in [1.82, 2.24) is 19.7 Å². The van der Waals surface area contributed by atoms with Crippen molar-refractivity contribution in [2.45, 2.75) is 30.8 Å². The number of hydrogen-bond acceptors (Lipinski definition) is 7. The molecule has 3 N–H and O–H groups in total. The summed E-state index contributed by atoms with van der Waals surface area (Å²) >= 11 is 0. The first-order valence-corrected chi connectivity index (χ1v) is 13.3. The lowest BCUT2D eigenvalue weighted by molar-refractivity contribution is -0.115. The zero-order chi connectivity index (χ0) is 25.1. The van der Waals surface area contributed by atoms with E-state index in [9.17, 15) is 13.2 Å². The maximum atomic E-state index is 12.5. The van der Waals surface area contributed by atoms with Crippen LogP contribution in [-0.2, 0) is 19.6 Å². The van der Waals surface area contributed by atoms with Crippen molar-refractivity contribution in [2.75, 3.05) is 25.0 Å². The molecular formula is C26H27N5O4S. The molecule has 1 fully saturated rings. The number of ether oxygens (including phenoxy) is 1. The molecular weight excluding hydrogens is 478 g/mol. The van der Waals surface area contributed by atoms with Gasteiger partial charge in [0.15, 0.2) is 0 Å². The Morgan fingerprint density at radius 2 is 1.86 bits per heavy atom. The van der Waals surface area contributed by atoms with Crippen molar-refractivity contribution in [2.24, 2.45) is 0 Å². The van der Waals surface area contributed by atoms with Gasteiger partial charge in [0.25, 0.3) is 0 Å². The van der Waals surface area contributed by atoms with Crippen LogP contribution in [0.5, 0.6) is 0 Å². The number of ketones is 1. The first-order valence-electron chi connectivity index (χ1n) is 11.8. The fraction of sp³-hybridized carbons (Fsp3) is 0.269. The van der Waals surface area contributed by atoms with Gasteiger partial charge in [-0.3, -0.25) is 4.79 Å². The summed E-state index contributed by atoms with van der Waals surface area (Å²) in [4.78, 5) is 23.7. The first-order chi connectivity index (χ1) is 17.4. The highest BCUT2D eigenvalue weighted by Gasteiger charge is 2.22. The van der Waals surface area contributed by atoms with Crippen LogP contribution < -0.4 is 10.0 Å². The van der Waals surface area contributed by atoms with E-state index in [1.165, 1.54) is 25.4 Å². The van der Waals surface area contributed by atoms with Crippen molar-refractivity contribution in [1.29, 1.82) is 0 Å². The van der Waals surface area contributed by atoms with Crippen LogP contribution in [0.4, 0.5) is 5.82 Å². The van der Waals surface area contributed by atoms with E-state index >= 15 is 0 Å². The number of benzene rings is 2. The zero-order valence-corrected chi connectivity index (χ0v) is 20.6. The maximum absolute atomic E-state index is 12.5. The molecule has 2 aromatic heterocycles. The highest BCUT2D eigenvalue weighted by molar-refractivity contribution is 7.89. The number of hydrogen-bond donors (Lipinski definition) is 3. The minimum absolute atomic E-state index is 0.0867. The number of fused-ring (bicyclic) bond motifs is 1. The largest absolute Gasteiger partial charge is 0.376 e. The summed E-state index contributed by atoms with van der Waals surface area (Å²) in [6.07, 6.45) is 3.75. The monoisotopic (exact) mass is 505 g/mol. The van der Waals surface area contributed by atoms with Gasteiger partial charge in [-0.1, -0.05) is 42.5 Å². The molecule has 36 heavy (non-hydrogen) atoms. The van der Waals surface area contributed by atoms with Gasteiger partial charge in [-0.2, -0.15) is 0 Å². The minimum Gasteiger partial charge on any atom is -0.376 e. The van der Waals surface area contributed by atoms with Gasteiger partial charge in [-0.05, 0) is 43.0 Å². The molecule has 1 atom stereocenters. The lowest BCUT2D eigenvalue weighted by atomic mass is 9.99. The zero-order valence-electron chi connectivity index (χ0n) is 19.8. The summed E-state index contributed by atoms with van der Waals surface area (Å²) in [5.41, 5.74) is 4.17. The number of aromatic nitrogens is 3. The number of carbonyl (C=O) groups is 1. The number of carbonyl (C=O) groups excluding carboxylic acids is 1. The van der Waals surface area contributed by atoms with E-state index in [1.807, 2.05) is 30.3 Å². The number of H-pyrrole nitrogens is 1. The topological polar surface area (TPSA) is 126 Å². The molecule has 1 aliphatic rings. The maximum Gasteiger partial charge on any atom is 0.240 e. The molecule has 0 aliphatic carbocycles. The molecule has 0 saturated carbocycles. The van der Waals surface area contributed by atoms with Gasteiger partial charge in [0.2, 0.25) is 10.0 Å². The Hall–Kier alpha value is -3.60. The van der Waals surface area contributed by atoms with Gasteiger partial charge in [0.1, 0.15) is 23.6 Å². The van der Waals surface area contributed by atoms with E-state index in [-0.39, 0.29) is 23.3 Å². The van der Waals surface area contributed by atoms with Gasteiger partial charge in [-0.15, -0.1) is 0 Å². The van der Waals surface area contributed by atoms with Crippen molar-refractivity contribution < 1.29 is 17.9 Å². The smallest absolute Gasteiger partial charge is 0.240 e. The number of anilines is 1. The van der Waals surface area contributed by atoms with Crippen LogP contribution in [0.3, 0.4) is 0 Å². The third-order valence-corrected chi connectivity index (χ3v) is 7.56. The van der Waals surface area contributed by atoms with E-state index in [2.05, 4.69) is 25.0 Å². The first kappa shape index (κ1) is 24.1. The fourth-order valence-corrected chi connectivity index (χ4v) is 5.42. The van der Waals surface area contributed by atoms with Crippen LogP contribution in [0.25, 0.3) is 33.4 Å². The third-order valence-electron chi connectivity index (χ3n) is 6.14. The number of rotatable bonds is 9. The van der Waals surface area contributed by atoms with Crippen LogP contribution in [-0.4, -0.2) is 55.0 Å². The standard InChI is InChI=1S/C26H27N5O4S/c1-17(32)14-30-36(33,34)21-11-9-19(10-12-21)24-22(18-6-3-2-4-7-18)23-25(28-16-29-26(23)31-24)27-15-20-8-5-13-35-20/h2-4,6-7,9-12,16,20,30H,5,8,13-15H2,1H3,(H2,27,28,29,31). The Kier molecular flexibility index (Phi) is 6.82. The molecule has 9 nitrogen and oxygen atoms in total. The average molecular weight is 506 g/mol. The van der Waals surface area contributed by atoms with E-state index in [0.29, 0.717) is 18.0 Å². The highest BCUT2D eigenvalue weighted by Crippen LogP contribution is 2.40. The average Bonchev–Trinajstić information content (AvgIpc) is 3.55. The van der Waals surface area contributed by atoms with Gasteiger partial charge in [0.05, 0.1) is 28.6 Å². The Balaban J connectivity index is 1.56. The molecule has 186 valence electrons. The number of Topliss-reactive ketones (excluding diaryl/α,β-unsaturated/α-hetero) is 1. The fourth-order valence-electron chi connectivity index (χ4n) is 4.36. The molecule has 1 saturated heterocycles. The predicted octanol–water partition coefficient (Wildman–Crippen LogP) is 3.75. The summed E-state index contributed by atoms with van der Waals surface area (Å²) in [7, 11) is -3.79. The highest BCUT2D eigenvalue weighted by atomic mass is 32.2. The van der Waals surface area contributed by atoms with Crippen molar-refractivity contribution in [3.8, 4) is 22.4 Å². The summed E-state index contributed by atoms with van der Waals surface area (Å²) in [5.74, 6) is 0.454. The Morgan fingerprint density at radius 1 is 1.08 bits per heavy atom. The molecule has 0 spiro atoms. The van der Waals surface area contributed by atoms with E-state index in [1.54, 1.807) is 12.1 Å². The molecule has 4 aromatic rings. The molecule has 2 aromatic carbocycles. The Morgan fingerprint density at radius 3 is 2.56 bits per heavy atom. The molecule has 5 rings (SSSR count). The summed E-state index contributed by atoms with van der Waals surface area (Å²) in [6.45, 7) is 2.52. The van der Waals surface area contributed by atoms with Crippen LogP contribution in [0.15, 0.2) is 65.8 Å². The molecule has 3 heterocycles. The van der Waals surface area contributed by atoms with Crippen LogP contribution >= 0.6 is 0 Å². The summed E-state index contributed by atoms with van der Waals surface area (Å²) in [6, 6.07) is 16.5. The number of nitrogens with one attached hydrogen (secondary N) is 3. The predicted molar refractivity (Wildman–Crippen MR) is 138 cm³/mol. The van der Waals surface area contributed by atoms with Crippen LogP contribution in [0.2, 0.25) is 0 Å².